The summed E-state index contributed by atoms with van der Waals surface area (Å²) in [6.07, 6.45) is 22.6. The van der Waals surface area contributed by atoms with Crippen molar-refractivity contribution in [3.05, 3.63) is 12.2 Å². The number of carbonyl (C=O) groups is 1. The van der Waals surface area contributed by atoms with Crippen LogP contribution in [0.1, 0.15) is 104 Å². The molecule has 2 heteroatoms. The molecule has 0 aliphatic rings. The second-order valence-electron chi connectivity index (χ2n) is 6.04. The van der Waals surface area contributed by atoms with E-state index >= 15 is 0 Å². The molecule has 0 saturated carbocycles. The van der Waals surface area contributed by atoms with E-state index in [9.17, 15) is 4.79 Å². The van der Waals surface area contributed by atoms with E-state index in [1.165, 1.54) is 77.0 Å². The number of carbonyl (C=O) groups excluding carboxylic acids is 1. The van der Waals surface area contributed by atoms with Gasteiger partial charge in [-0.15, -0.1) is 0 Å². The van der Waals surface area contributed by atoms with Gasteiger partial charge in [0, 0.05) is 6.42 Å². The molecule has 0 amide bonds. The Morgan fingerprint density at radius 1 is 0.714 bits per heavy atom. The number of hydrogen-bond acceptors (Lipinski definition) is 1. The molecule has 0 aromatic rings. The Hall–Kier alpha value is 0.410. The van der Waals surface area contributed by atoms with Gasteiger partial charge in [-0.2, -0.15) is 0 Å². The molecule has 0 unspecified atom stereocenters. The monoisotopic (exact) mass is 304 g/mol. The van der Waals surface area contributed by atoms with Crippen LogP contribution in [0.15, 0.2) is 12.2 Å². The number of ketones is 1. The van der Waals surface area contributed by atoms with Crippen molar-refractivity contribution in [1.82, 2.24) is 0 Å². The molecule has 0 radical (unpaired) electrons. The quantitative estimate of drug-likeness (QED) is 0.207. The third kappa shape index (κ3) is 22.8. The molecule has 0 N–H and O–H groups in total. The fourth-order valence-electron chi connectivity index (χ4n) is 2.44. The van der Waals surface area contributed by atoms with Gasteiger partial charge in [0.05, 0.1) is 0 Å². The van der Waals surface area contributed by atoms with E-state index in [0.29, 0.717) is 5.78 Å². The van der Waals surface area contributed by atoms with Gasteiger partial charge in [-0.25, -0.2) is 0 Å². The molecule has 0 atom stereocenters. The Kier molecular flexibility index (Phi) is 23.0. The molecular weight excluding hydrogens is 267 g/mol. The number of Topliss-reactive ketones (excluding diaryl/α,β-unsaturated/α-hetero) is 1. The number of unbranched alkanes of at least 4 members (excludes halogenated alkanes) is 11. The van der Waals surface area contributed by atoms with E-state index in [2.05, 4.69) is 19.1 Å². The average Bonchev–Trinajstić information content (AvgIpc) is 2.43. The van der Waals surface area contributed by atoms with Crippen molar-refractivity contribution >= 4 is 35.3 Å². The summed E-state index contributed by atoms with van der Waals surface area (Å²) in [5, 5.41) is 0. The summed E-state index contributed by atoms with van der Waals surface area (Å²) in [6, 6.07) is 0. The van der Waals surface area contributed by atoms with Crippen LogP contribution < -0.4 is 0 Å². The SMILES string of the molecule is CCCCCCCC/C=C\CCCCCCCC(C)=O.[NaH]. The van der Waals surface area contributed by atoms with E-state index in [1.54, 1.807) is 6.92 Å². The second-order valence-corrected chi connectivity index (χ2v) is 6.04. The summed E-state index contributed by atoms with van der Waals surface area (Å²) in [4.78, 5) is 10.8. The first-order valence-corrected chi connectivity index (χ1v) is 8.91. The van der Waals surface area contributed by atoms with Gasteiger partial charge in [-0.3, -0.25) is 0 Å². The van der Waals surface area contributed by atoms with Crippen LogP contribution in [-0.2, 0) is 4.79 Å². The van der Waals surface area contributed by atoms with Crippen molar-refractivity contribution in [2.24, 2.45) is 0 Å². The predicted octanol–water partition coefficient (Wildman–Crippen LogP) is 5.96. The minimum absolute atomic E-state index is 0. The zero-order valence-electron chi connectivity index (χ0n) is 14.0. The molecule has 0 aromatic heterocycles. The van der Waals surface area contributed by atoms with Gasteiger partial charge >= 0.3 is 29.6 Å². The van der Waals surface area contributed by atoms with Crippen molar-refractivity contribution in [2.75, 3.05) is 0 Å². The molecule has 0 aliphatic carbocycles. The average molecular weight is 304 g/mol. The Labute approximate surface area is 155 Å². The van der Waals surface area contributed by atoms with Gasteiger partial charge in [0.25, 0.3) is 0 Å². The number of rotatable bonds is 15. The number of allylic oxidation sites excluding steroid dienone is 2. The Morgan fingerprint density at radius 3 is 1.62 bits per heavy atom. The molecule has 0 fully saturated rings. The molecule has 0 spiro atoms. The third-order valence-corrected chi connectivity index (χ3v) is 3.79. The van der Waals surface area contributed by atoms with Gasteiger partial charge in [-0.1, -0.05) is 70.4 Å². The fourth-order valence-corrected chi connectivity index (χ4v) is 2.44. The summed E-state index contributed by atoms with van der Waals surface area (Å²) in [5.41, 5.74) is 0. The summed E-state index contributed by atoms with van der Waals surface area (Å²) < 4.78 is 0. The first-order chi connectivity index (χ1) is 9.77. The van der Waals surface area contributed by atoms with E-state index < -0.39 is 0 Å². The number of hydrogen-bond donors (Lipinski definition) is 0. The van der Waals surface area contributed by atoms with Crippen LogP contribution in [-0.4, -0.2) is 35.3 Å². The molecule has 0 saturated heterocycles. The van der Waals surface area contributed by atoms with E-state index in [1.807, 2.05) is 0 Å². The fraction of sp³-hybridized carbons (Fsp3) is 0.842. The third-order valence-electron chi connectivity index (χ3n) is 3.79. The maximum absolute atomic E-state index is 10.8. The molecule has 0 bridgehead atoms. The molecule has 0 aliphatic heterocycles. The van der Waals surface area contributed by atoms with Crippen LogP contribution in [0.4, 0.5) is 0 Å². The summed E-state index contributed by atoms with van der Waals surface area (Å²) in [6.45, 7) is 3.96. The molecule has 1 nitrogen and oxygen atoms in total. The van der Waals surface area contributed by atoms with Crippen LogP contribution in [0.3, 0.4) is 0 Å². The van der Waals surface area contributed by atoms with Gasteiger partial charge in [0.1, 0.15) is 5.78 Å². The normalized spacial score (nSPS) is 10.8. The molecule has 21 heavy (non-hydrogen) atoms. The zero-order chi connectivity index (χ0) is 14.9. The molecule has 0 rings (SSSR count). The molecule has 120 valence electrons. The Bertz CT molecular complexity index is 236. The topological polar surface area (TPSA) is 17.1 Å². The maximum atomic E-state index is 10.8. The van der Waals surface area contributed by atoms with Crippen LogP contribution in [0.25, 0.3) is 0 Å². The van der Waals surface area contributed by atoms with Crippen LogP contribution in [0.5, 0.6) is 0 Å². The summed E-state index contributed by atoms with van der Waals surface area (Å²) >= 11 is 0. The zero-order valence-corrected chi connectivity index (χ0v) is 14.0. The van der Waals surface area contributed by atoms with Crippen molar-refractivity contribution in [3.8, 4) is 0 Å². The van der Waals surface area contributed by atoms with Crippen molar-refractivity contribution in [1.29, 1.82) is 0 Å². The van der Waals surface area contributed by atoms with Crippen molar-refractivity contribution in [2.45, 2.75) is 104 Å². The Morgan fingerprint density at radius 2 is 1.14 bits per heavy atom. The van der Waals surface area contributed by atoms with Gasteiger partial charge < -0.3 is 4.79 Å². The molecular formula is C19H37NaO. The minimum atomic E-state index is 0. The van der Waals surface area contributed by atoms with E-state index in [0.717, 1.165) is 12.8 Å². The first kappa shape index (κ1) is 23.7. The van der Waals surface area contributed by atoms with Crippen LogP contribution in [0.2, 0.25) is 0 Å². The van der Waals surface area contributed by atoms with Crippen molar-refractivity contribution in [3.63, 3.8) is 0 Å². The van der Waals surface area contributed by atoms with Gasteiger partial charge in [-0.05, 0) is 39.0 Å². The van der Waals surface area contributed by atoms with Crippen LogP contribution >= 0.6 is 0 Å². The standard InChI is InChI=1S/C19H36O.Na.H/c1-3-4-5-6-7-8-9-10-11-12-13-14-15-16-17-18-19(2)20;;/h10-11H,3-9,12-18H2,1-2H3;;/b11-10-;;. The predicted molar refractivity (Wildman–Crippen MR) is 97.3 cm³/mol. The van der Waals surface area contributed by atoms with Gasteiger partial charge in [0.2, 0.25) is 0 Å². The van der Waals surface area contributed by atoms with Gasteiger partial charge in [0.15, 0.2) is 0 Å². The van der Waals surface area contributed by atoms with E-state index in [-0.39, 0.29) is 29.6 Å². The molecule has 0 aromatic carbocycles. The molecule has 0 heterocycles. The summed E-state index contributed by atoms with van der Waals surface area (Å²) in [5.74, 6) is 0.336. The second kappa shape index (κ2) is 20.4. The van der Waals surface area contributed by atoms with Crippen LogP contribution in [0, 0.1) is 0 Å². The first-order valence-electron chi connectivity index (χ1n) is 8.91. The summed E-state index contributed by atoms with van der Waals surface area (Å²) in [7, 11) is 0. The Balaban J connectivity index is 0. The van der Waals surface area contributed by atoms with Crippen molar-refractivity contribution < 1.29 is 4.79 Å². The van der Waals surface area contributed by atoms with E-state index in [4.69, 9.17) is 0 Å².